The van der Waals surface area contributed by atoms with Crippen LogP contribution in [0, 0.1) is 11.3 Å². The van der Waals surface area contributed by atoms with Gasteiger partial charge in [0.1, 0.15) is 18.0 Å². The molecular formula is C17H16ClN7S2. The molecule has 0 aliphatic carbocycles. The zero-order valence-corrected chi connectivity index (χ0v) is 16.9. The smallest absolute Gasteiger partial charge is 0.153 e. The first-order chi connectivity index (χ1) is 13.1. The molecule has 27 heavy (non-hydrogen) atoms. The SMILES string of the molecule is CSc1ccc(N)cn1.CSc1ccc(Nc2ncnc(Cl)c2C#N)cn1. The van der Waals surface area contributed by atoms with Gasteiger partial charge in [-0.25, -0.2) is 19.9 Å². The number of halogens is 1. The van der Waals surface area contributed by atoms with Crippen molar-refractivity contribution in [3.05, 3.63) is 53.7 Å². The van der Waals surface area contributed by atoms with E-state index in [-0.39, 0.29) is 10.7 Å². The van der Waals surface area contributed by atoms with E-state index in [1.165, 1.54) is 6.33 Å². The van der Waals surface area contributed by atoms with Crippen molar-refractivity contribution in [2.45, 2.75) is 10.1 Å². The highest BCUT2D eigenvalue weighted by Gasteiger charge is 2.09. The highest BCUT2D eigenvalue weighted by Crippen LogP contribution is 2.22. The second kappa shape index (κ2) is 10.6. The maximum absolute atomic E-state index is 8.99. The van der Waals surface area contributed by atoms with E-state index in [1.54, 1.807) is 35.9 Å². The van der Waals surface area contributed by atoms with Gasteiger partial charge in [-0.2, -0.15) is 5.26 Å². The Morgan fingerprint density at radius 1 is 1.00 bits per heavy atom. The second-order valence-electron chi connectivity index (χ2n) is 4.85. The van der Waals surface area contributed by atoms with Crippen LogP contribution in [-0.2, 0) is 0 Å². The summed E-state index contributed by atoms with van der Waals surface area (Å²) in [6, 6.07) is 9.45. The number of rotatable bonds is 4. The largest absolute Gasteiger partial charge is 0.397 e. The molecule has 0 saturated carbocycles. The minimum absolute atomic E-state index is 0.128. The number of nitrogens with one attached hydrogen (secondary N) is 1. The Bertz CT molecular complexity index is 912. The van der Waals surface area contributed by atoms with E-state index in [2.05, 4.69) is 25.3 Å². The van der Waals surface area contributed by atoms with Crippen LogP contribution in [-0.4, -0.2) is 32.4 Å². The van der Waals surface area contributed by atoms with Gasteiger partial charge in [0.2, 0.25) is 0 Å². The van der Waals surface area contributed by atoms with Gasteiger partial charge in [-0.3, -0.25) is 0 Å². The van der Waals surface area contributed by atoms with Gasteiger partial charge in [0, 0.05) is 0 Å². The summed E-state index contributed by atoms with van der Waals surface area (Å²) in [6.45, 7) is 0. The van der Waals surface area contributed by atoms with Gasteiger partial charge in [0.05, 0.1) is 33.8 Å². The topological polar surface area (TPSA) is 113 Å². The second-order valence-corrected chi connectivity index (χ2v) is 6.86. The third kappa shape index (κ3) is 6.29. The lowest BCUT2D eigenvalue weighted by Gasteiger charge is -2.07. The molecule has 0 atom stereocenters. The van der Waals surface area contributed by atoms with Crippen LogP contribution in [0.25, 0.3) is 0 Å². The van der Waals surface area contributed by atoms with Gasteiger partial charge in [-0.15, -0.1) is 23.5 Å². The van der Waals surface area contributed by atoms with E-state index in [0.29, 0.717) is 11.5 Å². The molecule has 10 heteroatoms. The number of hydrogen-bond acceptors (Lipinski definition) is 9. The minimum atomic E-state index is 0.128. The standard InChI is InChI=1S/C11H8ClN5S.C6H8N2S/c1-18-9-3-2-7(5-14-9)17-11-8(4-13)10(12)15-6-16-11;1-9-6-3-2-5(7)4-8-6/h2-3,5-6H,1H3,(H,15,16,17);2-4H,7H2,1H3. The number of anilines is 3. The zero-order chi connectivity index (χ0) is 19.6. The van der Waals surface area contributed by atoms with Crippen LogP contribution in [0.2, 0.25) is 5.15 Å². The van der Waals surface area contributed by atoms with Crippen molar-refractivity contribution in [3.63, 3.8) is 0 Å². The predicted molar refractivity (Wildman–Crippen MR) is 111 cm³/mol. The summed E-state index contributed by atoms with van der Waals surface area (Å²) in [5, 5.41) is 14.0. The number of nitrogen functional groups attached to an aromatic ring is 1. The highest BCUT2D eigenvalue weighted by molar-refractivity contribution is 7.98. The van der Waals surface area contributed by atoms with Crippen LogP contribution in [0.3, 0.4) is 0 Å². The fourth-order valence-electron chi connectivity index (χ4n) is 1.78. The normalized spacial score (nSPS) is 9.70. The van der Waals surface area contributed by atoms with E-state index in [0.717, 1.165) is 15.7 Å². The molecule has 0 unspecified atom stereocenters. The molecule has 0 aliphatic heterocycles. The Kier molecular flexibility index (Phi) is 8.13. The molecule has 0 radical (unpaired) electrons. The van der Waals surface area contributed by atoms with Crippen molar-refractivity contribution in [2.24, 2.45) is 0 Å². The molecule has 3 heterocycles. The van der Waals surface area contributed by atoms with Crippen LogP contribution >= 0.6 is 35.1 Å². The van der Waals surface area contributed by atoms with Crippen molar-refractivity contribution in [3.8, 4) is 6.07 Å². The van der Waals surface area contributed by atoms with E-state index in [1.807, 2.05) is 42.8 Å². The van der Waals surface area contributed by atoms with Crippen molar-refractivity contribution in [1.82, 2.24) is 19.9 Å². The molecule has 0 bridgehead atoms. The van der Waals surface area contributed by atoms with Crippen LogP contribution < -0.4 is 11.1 Å². The summed E-state index contributed by atoms with van der Waals surface area (Å²) in [6.07, 6.45) is 8.57. The Hall–Kier alpha value is -2.54. The van der Waals surface area contributed by atoms with Crippen LogP contribution in [0.4, 0.5) is 17.2 Å². The van der Waals surface area contributed by atoms with Gasteiger partial charge in [-0.1, -0.05) is 11.6 Å². The molecule has 138 valence electrons. The molecule has 0 amide bonds. The molecule has 0 fully saturated rings. The number of hydrogen-bond donors (Lipinski definition) is 2. The minimum Gasteiger partial charge on any atom is -0.397 e. The van der Waals surface area contributed by atoms with Gasteiger partial charge < -0.3 is 11.1 Å². The van der Waals surface area contributed by atoms with Crippen molar-refractivity contribution >= 4 is 52.3 Å². The Morgan fingerprint density at radius 3 is 2.19 bits per heavy atom. The molecule has 0 aromatic carbocycles. The molecule has 0 aliphatic rings. The Morgan fingerprint density at radius 2 is 1.67 bits per heavy atom. The molecular weight excluding hydrogens is 402 g/mol. The number of thioether (sulfide) groups is 2. The quantitative estimate of drug-likeness (QED) is 0.474. The Balaban J connectivity index is 0.000000244. The lowest BCUT2D eigenvalue weighted by molar-refractivity contribution is 1.12. The van der Waals surface area contributed by atoms with Crippen molar-refractivity contribution < 1.29 is 0 Å². The fourth-order valence-corrected chi connectivity index (χ4v) is 2.68. The third-order valence-corrected chi connectivity index (χ3v) is 4.70. The zero-order valence-electron chi connectivity index (χ0n) is 14.5. The summed E-state index contributed by atoms with van der Waals surface area (Å²) in [5.41, 5.74) is 7.08. The summed E-state index contributed by atoms with van der Waals surface area (Å²) in [7, 11) is 0. The first kappa shape index (κ1) is 20.8. The number of nitrogens with zero attached hydrogens (tertiary/aromatic N) is 5. The molecule has 3 aromatic heterocycles. The third-order valence-electron chi connectivity index (χ3n) is 3.09. The molecule has 0 spiro atoms. The van der Waals surface area contributed by atoms with Gasteiger partial charge in [0.25, 0.3) is 0 Å². The predicted octanol–water partition coefficient (Wildman–Crippen LogP) is 4.25. The maximum Gasteiger partial charge on any atom is 0.153 e. The lowest BCUT2D eigenvalue weighted by atomic mass is 10.3. The molecule has 3 rings (SSSR count). The number of aromatic nitrogens is 4. The van der Waals surface area contributed by atoms with E-state index in [9.17, 15) is 0 Å². The summed E-state index contributed by atoms with van der Waals surface area (Å²) >= 11 is 8.98. The van der Waals surface area contributed by atoms with Crippen LogP contribution in [0.5, 0.6) is 0 Å². The highest BCUT2D eigenvalue weighted by atomic mass is 35.5. The Labute approximate surface area is 170 Å². The monoisotopic (exact) mass is 417 g/mol. The summed E-state index contributed by atoms with van der Waals surface area (Å²) in [5.74, 6) is 0.371. The first-order valence-corrected chi connectivity index (χ1v) is 10.3. The molecule has 3 aromatic rings. The average molecular weight is 418 g/mol. The van der Waals surface area contributed by atoms with Crippen LogP contribution in [0.15, 0.2) is 53.0 Å². The summed E-state index contributed by atoms with van der Waals surface area (Å²) < 4.78 is 0. The molecule has 7 nitrogen and oxygen atoms in total. The van der Waals surface area contributed by atoms with E-state index in [4.69, 9.17) is 22.6 Å². The lowest BCUT2D eigenvalue weighted by Crippen LogP contribution is -1.99. The number of nitrogens with two attached hydrogens (primary N) is 1. The van der Waals surface area contributed by atoms with Gasteiger partial charge in [-0.05, 0) is 36.8 Å². The van der Waals surface area contributed by atoms with Gasteiger partial charge >= 0.3 is 0 Å². The van der Waals surface area contributed by atoms with Crippen LogP contribution in [0.1, 0.15) is 5.56 Å². The number of nitriles is 1. The van der Waals surface area contributed by atoms with Gasteiger partial charge in [0.15, 0.2) is 11.0 Å². The maximum atomic E-state index is 8.99. The fraction of sp³-hybridized carbons (Fsp3) is 0.118. The molecule has 3 N–H and O–H groups in total. The summed E-state index contributed by atoms with van der Waals surface area (Å²) in [4.78, 5) is 16.0. The van der Waals surface area contributed by atoms with E-state index < -0.39 is 0 Å². The van der Waals surface area contributed by atoms with E-state index >= 15 is 0 Å². The molecule has 0 saturated heterocycles. The van der Waals surface area contributed by atoms with Crippen molar-refractivity contribution in [2.75, 3.05) is 23.6 Å². The van der Waals surface area contributed by atoms with Crippen molar-refractivity contribution in [1.29, 1.82) is 5.26 Å². The number of pyridine rings is 2. The average Bonchev–Trinajstić information content (AvgIpc) is 2.70. The first-order valence-electron chi connectivity index (χ1n) is 7.50.